The van der Waals surface area contributed by atoms with E-state index in [4.69, 9.17) is 9.72 Å². The second kappa shape index (κ2) is 6.82. The van der Waals surface area contributed by atoms with Gasteiger partial charge in [0, 0.05) is 25.9 Å². The lowest BCUT2D eigenvalue weighted by atomic mass is 9.89. The number of amides is 1. The van der Waals surface area contributed by atoms with E-state index in [0.29, 0.717) is 29.2 Å². The van der Waals surface area contributed by atoms with E-state index in [0.717, 1.165) is 29.6 Å². The van der Waals surface area contributed by atoms with Crippen molar-refractivity contribution in [3.8, 4) is 22.6 Å². The van der Waals surface area contributed by atoms with Gasteiger partial charge in [-0.3, -0.25) is 14.6 Å². The molecule has 10 nitrogen and oxygen atoms in total. The Hall–Kier alpha value is -3.53. The lowest BCUT2D eigenvalue weighted by Gasteiger charge is -2.34. The molecule has 0 atom stereocenters. The zero-order valence-electron chi connectivity index (χ0n) is 16.0. The van der Waals surface area contributed by atoms with Crippen molar-refractivity contribution in [2.24, 2.45) is 0 Å². The highest BCUT2D eigenvalue weighted by atomic mass is 16.5. The number of H-pyrrole nitrogens is 1. The summed E-state index contributed by atoms with van der Waals surface area (Å²) < 4.78 is 9.11. The van der Waals surface area contributed by atoms with Gasteiger partial charge in [0.2, 0.25) is 0 Å². The van der Waals surface area contributed by atoms with E-state index in [-0.39, 0.29) is 5.91 Å². The first-order valence-corrected chi connectivity index (χ1v) is 9.36. The van der Waals surface area contributed by atoms with Crippen molar-refractivity contribution >= 4 is 11.4 Å². The number of aromatic nitrogens is 7. The maximum absolute atomic E-state index is 11.8. The Balaban J connectivity index is 1.53. The molecule has 0 aliphatic heterocycles. The van der Waals surface area contributed by atoms with Gasteiger partial charge in [0.05, 0.1) is 47.6 Å². The molecule has 0 saturated heterocycles. The van der Waals surface area contributed by atoms with Gasteiger partial charge in [0.1, 0.15) is 5.69 Å². The molecule has 10 heteroatoms. The lowest BCUT2D eigenvalue weighted by Crippen LogP contribution is -2.32. The van der Waals surface area contributed by atoms with Gasteiger partial charge in [-0.05, 0) is 25.0 Å². The Labute approximate surface area is 165 Å². The molecule has 0 spiro atoms. The summed E-state index contributed by atoms with van der Waals surface area (Å²) in [7, 11) is 3.31. The number of aromatic amines is 1. The molecule has 0 aromatic carbocycles. The minimum Gasteiger partial charge on any atom is -0.381 e. The maximum atomic E-state index is 11.8. The minimum absolute atomic E-state index is 0.260. The number of carbonyl (C=O) groups excluding carboxylic acids is 1. The molecule has 2 N–H and O–H groups in total. The summed E-state index contributed by atoms with van der Waals surface area (Å²) in [6.07, 6.45) is 9.60. The lowest BCUT2D eigenvalue weighted by molar-refractivity contribution is 0.00250. The summed E-state index contributed by atoms with van der Waals surface area (Å²) in [6.45, 7) is 0. The maximum Gasteiger partial charge on any atom is 0.271 e. The van der Waals surface area contributed by atoms with E-state index in [1.54, 1.807) is 37.1 Å². The molecule has 148 valence electrons. The fourth-order valence-corrected chi connectivity index (χ4v) is 3.57. The molecule has 0 unspecified atom stereocenters. The van der Waals surface area contributed by atoms with Crippen molar-refractivity contribution in [3.05, 3.63) is 42.6 Å². The number of carbonyl (C=O) groups is 1. The highest BCUT2D eigenvalue weighted by Crippen LogP contribution is 2.35. The Morgan fingerprint density at radius 3 is 2.97 bits per heavy atom. The topological polar surface area (TPSA) is 115 Å². The number of methoxy groups -OCH3 is 1. The molecule has 4 aromatic rings. The molecule has 1 amide bonds. The summed E-state index contributed by atoms with van der Waals surface area (Å²) in [6, 6.07) is 3.93. The monoisotopic (exact) mass is 392 g/mol. The van der Waals surface area contributed by atoms with Gasteiger partial charge in [0.25, 0.3) is 5.91 Å². The number of fused-ring (bicyclic) bond motifs is 1. The van der Waals surface area contributed by atoms with Gasteiger partial charge in [0.15, 0.2) is 5.69 Å². The Bertz CT molecular complexity index is 1180. The van der Waals surface area contributed by atoms with E-state index >= 15 is 0 Å². The first-order valence-electron chi connectivity index (χ1n) is 9.36. The molecule has 4 heterocycles. The molecule has 5 rings (SSSR count). The third kappa shape index (κ3) is 2.97. The van der Waals surface area contributed by atoms with Crippen LogP contribution < -0.4 is 5.32 Å². The summed E-state index contributed by atoms with van der Waals surface area (Å²) in [4.78, 5) is 16.6. The third-order valence-corrected chi connectivity index (χ3v) is 5.36. The third-order valence-electron chi connectivity index (χ3n) is 5.36. The van der Waals surface area contributed by atoms with Gasteiger partial charge >= 0.3 is 0 Å². The summed E-state index contributed by atoms with van der Waals surface area (Å²) >= 11 is 0. The average molecular weight is 392 g/mol. The van der Waals surface area contributed by atoms with Crippen LogP contribution in [0.4, 0.5) is 0 Å². The van der Waals surface area contributed by atoms with Gasteiger partial charge < -0.3 is 10.1 Å². The van der Waals surface area contributed by atoms with E-state index in [1.165, 1.54) is 0 Å². The highest BCUT2D eigenvalue weighted by Gasteiger charge is 2.31. The minimum atomic E-state index is -0.260. The molecular formula is C19H20N8O2. The van der Waals surface area contributed by atoms with E-state index in [1.807, 2.05) is 23.1 Å². The number of ether oxygens (including phenoxy) is 1. The van der Waals surface area contributed by atoms with Crippen molar-refractivity contribution in [2.45, 2.75) is 25.0 Å². The van der Waals surface area contributed by atoms with Crippen LogP contribution in [0.25, 0.3) is 28.2 Å². The van der Waals surface area contributed by atoms with E-state index < -0.39 is 0 Å². The smallest absolute Gasteiger partial charge is 0.271 e. The van der Waals surface area contributed by atoms with Crippen LogP contribution >= 0.6 is 0 Å². The summed E-state index contributed by atoms with van der Waals surface area (Å²) in [5, 5.41) is 18.4. The van der Waals surface area contributed by atoms with Crippen molar-refractivity contribution in [3.63, 3.8) is 0 Å². The number of nitrogens with zero attached hydrogens (tertiary/aromatic N) is 6. The second-order valence-corrected chi connectivity index (χ2v) is 7.07. The van der Waals surface area contributed by atoms with Crippen molar-refractivity contribution < 1.29 is 9.53 Å². The number of hydrogen-bond donors (Lipinski definition) is 2. The molecule has 1 aliphatic carbocycles. The van der Waals surface area contributed by atoms with Crippen LogP contribution in [0.15, 0.2) is 36.9 Å². The summed E-state index contributed by atoms with van der Waals surface area (Å²) in [5.74, 6) is -0.260. The molecule has 0 bridgehead atoms. The molecule has 0 radical (unpaired) electrons. The second-order valence-electron chi connectivity index (χ2n) is 7.07. The molecule has 1 saturated carbocycles. The predicted molar refractivity (Wildman–Crippen MR) is 104 cm³/mol. The van der Waals surface area contributed by atoms with Gasteiger partial charge in [-0.1, -0.05) is 0 Å². The SMILES string of the molecule is CNC(=O)c1cc(-c2cn3nccc3c(-c3cnn([C@H]4C[C@H](OC)C4)c3)n2)[nH]n1. The summed E-state index contributed by atoms with van der Waals surface area (Å²) in [5.41, 5.74) is 4.13. The quantitative estimate of drug-likeness (QED) is 0.534. The first kappa shape index (κ1) is 17.6. The Morgan fingerprint density at radius 2 is 2.17 bits per heavy atom. The first-order chi connectivity index (χ1) is 14.2. The van der Waals surface area contributed by atoms with Crippen LogP contribution in [-0.2, 0) is 4.74 Å². The standard InChI is InChI=1S/C19H20N8O2/c1-20-19(28)15-7-14(24-25-15)16-10-27-17(3-4-21-27)18(23-16)11-8-22-26(9-11)12-5-13(6-12)29-2/h3-4,7-10,12-13H,5-6H2,1-2H3,(H,20,28)(H,24,25)/t12-,13-. The van der Waals surface area contributed by atoms with Crippen LogP contribution in [-0.4, -0.2) is 60.7 Å². The highest BCUT2D eigenvalue weighted by molar-refractivity contribution is 5.93. The largest absolute Gasteiger partial charge is 0.381 e. The molecule has 4 aromatic heterocycles. The van der Waals surface area contributed by atoms with Crippen LogP contribution in [0.3, 0.4) is 0 Å². The fourth-order valence-electron chi connectivity index (χ4n) is 3.57. The van der Waals surface area contributed by atoms with Crippen molar-refractivity contribution in [2.75, 3.05) is 14.2 Å². The Morgan fingerprint density at radius 1 is 1.31 bits per heavy atom. The van der Waals surface area contributed by atoms with Gasteiger partial charge in [-0.25, -0.2) is 9.50 Å². The molecule has 1 aliphatic rings. The zero-order valence-corrected chi connectivity index (χ0v) is 16.0. The van der Waals surface area contributed by atoms with Crippen molar-refractivity contribution in [1.29, 1.82) is 0 Å². The van der Waals surface area contributed by atoms with E-state index in [2.05, 4.69) is 25.7 Å². The molecule has 29 heavy (non-hydrogen) atoms. The van der Waals surface area contributed by atoms with Crippen LogP contribution in [0, 0.1) is 0 Å². The van der Waals surface area contributed by atoms with Crippen molar-refractivity contribution in [1.82, 2.24) is 39.9 Å². The molecular weight excluding hydrogens is 372 g/mol. The zero-order chi connectivity index (χ0) is 20.0. The normalized spacial score (nSPS) is 18.7. The Kier molecular flexibility index (Phi) is 4.13. The number of nitrogens with one attached hydrogen (secondary N) is 2. The van der Waals surface area contributed by atoms with Gasteiger partial charge in [-0.15, -0.1) is 0 Å². The van der Waals surface area contributed by atoms with Crippen LogP contribution in [0.5, 0.6) is 0 Å². The van der Waals surface area contributed by atoms with Crippen LogP contribution in [0.2, 0.25) is 0 Å². The predicted octanol–water partition coefficient (Wildman–Crippen LogP) is 1.69. The van der Waals surface area contributed by atoms with Crippen LogP contribution in [0.1, 0.15) is 29.4 Å². The van der Waals surface area contributed by atoms with Gasteiger partial charge in [-0.2, -0.15) is 15.3 Å². The number of rotatable bonds is 5. The molecule has 1 fully saturated rings. The fraction of sp³-hybridized carbons (Fsp3) is 0.316. The van der Waals surface area contributed by atoms with E-state index in [9.17, 15) is 4.79 Å². The number of hydrogen-bond acceptors (Lipinski definition) is 6. The average Bonchev–Trinajstić information content (AvgIpc) is 3.45.